The van der Waals surface area contributed by atoms with E-state index < -0.39 is 0 Å². The molecule has 0 aliphatic rings. The Hall–Kier alpha value is -1.20. The van der Waals surface area contributed by atoms with E-state index >= 15 is 0 Å². The van der Waals surface area contributed by atoms with E-state index in [1.807, 2.05) is 26.1 Å². The standard InChI is InChI=1S/C13H15BrFN3/c1-13(2,8-16)12-11(14)7-18(17-12)10-5-3-4-9(15)6-10/h3-7H,8,16H2,1-2H3. The minimum atomic E-state index is -0.279. The van der Waals surface area contributed by atoms with Gasteiger partial charge >= 0.3 is 0 Å². The summed E-state index contributed by atoms with van der Waals surface area (Å²) in [7, 11) is 0. The molecule has 0 saturated heterocycles. The van der Waals surface area contributed by atoms with Gasteiger partial charge in [0.15, 0.2) is 0 Å². The number of nitrogens with two attached hydrogens (primary N) is 1. The molecule has 0 aliphatic heterocycles. The first-order valence-corrected chi connectivity index (χ1v) is 6.45. The minimum absolute atomic E-state index is 0.225. The minimum Gasteiger partial charge on any atom is -0.330 e. The third-order valence-corrected chi connectivity index (χ3v) is 3.47. The van der Waals surface area contributed by atoms with Crippen LogP contribution in [0.2, 0.25) is 0 Å². The molecule has 0 aliphatic carbocycles. The average Bonchev–Trinajstić information content (AvgIpc) is 2.72. The Bertz CT molecular complexity index is 563. The number of aromatic nitrogens is 2. The molecule has 0 saturated carbocycles. The number of hydrogen-bond acceptors (Lipinski definition) is 2. The van der Waals surface area contributed by atoms with Crippen molar-refractivity contribution < 1.29 is 4.39 Å². The Morgan fingerprint density at radius 3 is 2.78 bits per heavy atom. The van der Waals surface area contributed by atoms with Gasteiger partial charge in [0.1, 0.15) is 5.82 Å². The van der Waals surface area contributed by atoms with E-state index in [2.05, 4.69) is 21.0 Å². The summed E-state index contributed by atoms with van der Waals surface area (Å²) in [5, 5.41) is 4.49. The number of benzene rings is 1. The lowest BCUT2D eigenvalue weighted by molar-refractivity contribution is 0.513. The van der Waals surface area contributed by atoms with Crippen LogP contribution in [0, 0.1) is 5.82 Å². The van der Waals surface area contributed by atoms with Crippen LogP contribution in [0.1, 0.15) is 19.5 Å². The fraction of sp³-hybridized carbons (Fsp3) is 0.308. The molecule has 0 amide bonds. The highest BCUT2D eigenvalue weighted by atomic mass is 79.9. The van der Waals surface area contributed by atoms with Gasteiger partial charge in [-0.15, -0.1) is 0 Å². The van der Waals surface area contributed by atoms with Gasteiger partial charge in [0.25, 0.3) is 0 Å². The Morgan fingerprint density at radius 2 is 2.17 bits per heavy atom. The molecule has 2 N–H and O–H groups in total. The fourth-order valence-corrected chi connectivity index (χ4v) is 2.47. The van der Waals surface area contributed by atoms with E-state index in [1.165, 1.54) is 12.1 Å². The maximum Gasteiger partial charge on any atom is 0.125 e. The molecule has 0 radical (unpaired) electrons. The predicted octanol–water partition coefficient (Wildman–Crippen LogP) is 3.01. The molecule has 1 heterocycles. The number of nitrogens with zero attached hydrogens (tertiary/aromatic N) is 2. The Morgan fingerprint density at radius 1 is 1.44 bits per heavy atom. The zero-order valence-corrected chi connectivity index (χ0v) is 11.9. The van der Waals surface area contributed by atoms with Crippen molar-refractivity contribution >= 4 is 15.9 Å². The second kappa shape index (κ2) is 4.82. The molecule has 3 nitrogen and oxygen atoms in total. The number of rotatable bonds is 3. The summed E-state index contributed by atoms with van der Waals surface area (Å²) in [5.41, 5.74) is 7.08. The highest BCUT2D eigenvalue weighted by molar-refractivity contribution is 9.10. The van der Waals surface area contributed by atoms with E-state index in [4.69, 9.17) is 5.73 Å². The van der Waals surface area contributed by atoms with Crippen molar-refractivity contribution in [3.05, 3.63) is 46.4 Å². The van der Waals surface area contributed by atoms with E-state index in [0.717, 1.165) is 10.2 Å². The van der Waals surface area contributed by atoms with Gasteiger partial charge in [0, 0.05) is 18.2 Å². The van der Waals surface area contributed by atoms with Crippen LogP contribution in [-0.2, 0) is 5.41 Å². The highest BCUT2D eigenvalue weighted by Crippen LogP contribution is 2.28. The third-order valence-electron chi connectivity index (χ3n) is 2.89. The first-order valence-electron chi connectivity index (χ1n) is 5.66. The lowest BCUT2D eigenvalue weighted by Crippen LogP contribution is -2.29. The van der Waals surface area contributed by atoms with Gasteiger partial charge in [0.05, 0.1) is 15.9 Å². The first-order chi connectivity index (χ1) is 8.44. The van der Waals surface area contributed by atoms with E-state index in [9.17, 15) is 4.39 Å². The van der Waals surface area contributed by atoms with Crippen molar-refractivity contribution in [2.24, 2.45) is 5.73 Å². The summed E-state index contributed by atoms with van der Waals surface area (Å²) in [6.07, 6.45) is 1.82. The quantitative estimate of drug-likeness (QED) is 0.947. The molecule has 96 valence electrons. The molecule has 5 heteroatoms. The molecule has 18 heavy (non-hydrogen) atoms. The monoisotopic (exact) mass is 311 g/mol. The van der Waals surface area contributed by atoms with Crippen LogP contribution in [-0.4, -0.2) is 16.3 Å². The van der Waals surface area contributed by atoms with Crippen LogP contribution in [0.15, 0.2) is 34.9 Å². The van der Waals surface area contributed by atoms with Gasteiger partial charge < -0.3 is 5.73 Å². The summed E-state index contributed by atoms with van der Waals surface area (Å²) in [5.74, 6) is -0.279. The molecule has 0 atom stereocenters. The van der Waals surface area contributed by atoms with Gasteiger partial charge in [-0.3, -0.25) is 0 Å². The van der Waals surface area contributed by atoms with Gasteiger partial charge in [-0.25, -0.2) is 9.07 Å². The highest BCUT2D eigenvalue weighted by Gasteiger charge is 2.25. The summed E-state index contributed by atoms with van der Waals surface area (Å²) in [6, 6.07) is 6.32. The van der Waals surface area contributed by atoms with E-state index in [-0.39, 0.29) is 11.2 Å². The van der Waals surface area contributed by atoms with Crippen molar-refractivity contribution in [1.82, 2.24) is 9.78 Å². The molecule has 0 spiro atoms. The van der Waals surface area contributed by atoms with Gasteiger partial charge in [-0.2, -0.15) is 5.10 Å². The zero-order chi connectivity index (χ0) is 13.3. The molecular formula is C13H15BrFN3. The van der Waals surface area contributed by atoms with Crippen molar-refractivity contribution in [3.8, 4) is 5.69 Å². The normalized spacial score (nSPS) is 11.8. The Balaban J connectivity index is 2.47. The molecule has 0 bridgehead atoms. The van der Waals surface area contributed by atoms with Gasteiger partial charge in [0.2, 0.25) is 0 Å². The second-order valence-electron chi connectivity index (χ2n) is 4.84. The Labute approximate surface area is 114 Å². The average molecular weight is 312 g/mol. The van der Waals surface area contributed by atoms with Crippen molar-refractivity contribution in [3.63, 3.8) is 0 Å². The number of halogens is 2. The van der Waals surface area contributed by atoms with Crippen LogP contribution >= 0.6 is 15.9 Å². The van der Waals surface area contributed by atoms with Gasteiger partial charge in [-0.05, 0) is 34.1 Å². The Kier molecular flexibility index (Phi) is 3.54. The summed E-state index contributed by atoms with van der Waals surface area (Å²) >= 11 is 3.48. The van der Waals surface area contributed by atoms with Crippen molar-refractivity contribution in [1.29, 1.82) is 0 Å². The van der Waals surface area contributed by atoms with E-state index in [1.54, 1.807) is 10.7 Å². The summed E-state index contributed by atoms with van der Waals surface area (Å²) in [4.78, 5) is 0. The molecule has 0 fully saturated rings. The maximum absolute atomic E-state index is 13.2. The molecule has 0 unspecified atom stereocenters. The van der Waals surface area contributed by atoms with Gasteiger partial charge in [-0.1, -0.05) is 19.9 Å². The molecule has 1 aromatic carbocycles. The fourth-order valence-electron chi connectivity index (χ4n) is 1.66. The third kappa shape index (κ3) is 2.47. The lowest BCUT2D eigenvalue weighted by Gasteiger charge is -2.20. The summed E-state index contributed by atoms with van der Waals surface area (Å²) < 4.78 is 15.7. The molecule has 2 aromatic rings. The largest absolute Gasteiger partial charge is 0.330 e. The smallest absolute Gasteiger partial charge is 0.125 e. The molecular weight excluding hydrogens is 297 g/mol. The first kappa shape index (κ1) is 13.2. The second-order valence-corrected chi connectivity index (χ2v) is 5.69. The SMILES string of the molecule is CC(C)(CN)c1nn(-c2cccc(F)c2)cc1Br. The van der Waals surface area contributed by atoms with Crippen LogP contribution in [0.25, 0.3) is 5.69 Å². The van der Waals surface area contributed by atoms with Crippen LogP contribution in [0.5, 0.6) is 0 Å². The number of hydrogen-bond donors (Lipinski definition) is 1. The van der Waals surface area contributed by atoms with Crippen molar-refractivity contribution in [2.75, 3.05) is 6.54 Å². The zero-order valence-electron chi connectivity index (χ0n) is 10.3. The molecule has 2 rings (SSSR count). The van der Waals surface area contributed by atoms with Crippen LogP contribution in [0.4, 0.5) is 4.39 Å². The maximum atomic E-state index is 13.2. The topological polar surface area (TPSA) is 43.8 Å². The lowest BCUT2D eigenvalue weighted by atomic mass is 9.90. The van der Waals surface area contributed by atoms with Crippen LogP contribution < -0.4 is 5.73 Å². The summed E-state index contributed by atoms with van der Waals surface area (Å²) in [6.45, 7) is 4.54. The van der Waals surface area contributed by atoms with Crippen LogP contribution in [0.3, 0.4) is 0 Å². The van der Waals surface area contributed by atoms with Crippen molar-refractivity contribution in [2.45, 2.75) is 19.3 Å². The molecule has 1 aromatic heterocycles. The van der Waals surface area contributed by atoms with E-state index in [0.29, 0.717) is 12.2 Å². The predicted molar refractivity (Wildman–Crippen MR) is 73.3 cm³/mol.